The van der Waals surface area contributed by atoms with E-state index in [4.69, 9.17) is 4.74 Å². The maximum atomic E-state index is 14.5. The molecule has 1 saturated carbocycles. The quantitative estimate of drug-likeness (QED) is 0.438. The number of benzene rings is 1. The summed E-state index contributed by atoms with van der Waals surface area (Å²) >= 11 is 0. The lowest BCUT2D eigenvalue weighted by Gasteiger charge is -2.30. The average Bonchev–Trinajstić information content (AvgIpc) is 3.55. The van der Waals surface area contributed by atoms with Crippen molar-refractivity contribution in [3.05, 3.63) is 41.0 Å². The van der Waals surface area contributed by atoms with Gasteiger partial charge >= 0.3 is 0 Å². The van der Waals surface area contributed by atoms with Gasteiger partial charge in [0.15, 0.2) is 11.6 Å². The van der Waals surface area contributed by atoms with Crippen LogP contribution in [0, 0.1) is 29.4 Å². The Labute approximate surface area is 168 Å². The zero-order valence-electron chi connectivity index (χ0n) is 17.2. The molecule has 0 radical (unpaired) electrons. The fourth-order valence-corrected chi connectivity index (χ4v) is 5.37. The Morgan fingerprint density at radius 3 is 2.18 bits per heavy atom. The van der Waals surface area contributed by atoms with Crippen LogP contribution in [-0.4, -0.2) is 6.61 Å². The molecule has 0 aromatic heterocycles. The highest BCUT2D eigenvalue weighted by Gasteiger charge is 2.31. The molecule has 1 aliphatic heterocycles. The smallest absolute Gasteiger partial charge is 0.166 e. The lowest BCUT2D eigenvalue weighted by molar-refractivity contribution is 0.237. The van der Waals surface area contributed by atoms with E-state index >= 15 is 0 Å². The van der Waals surface area contributed by atoms with Gasteiger partial charge in [0.05, 0.1) is 6.61 Å². The van der Waals surface area contributed by atoms with E-state index in [9.17, 15) is 8.78 Å². The molecule has 0 bridgehead atoms. The molecule has 2 fully saturated rings. The molecule has 1 saturated heterocycles. The summed E-state index contributed by atoms with van der Waals surface area (Å²) in [7, 11) is 0. The Hall–Kier alpha value is -1.22. The molecule has 1 aromatic rings. The van der Waals surface area contributed by atoms with Crippen LogP contribution < -0.4 is 0 Å². The average molecular weight is 389 g/mol. The van der Waals surface area contributed by atoms with E-state index in [1.54, 1.807) is 12.1 Å². The summed E-state index contributed by atoms with van der Waals surface area (Å²) in [6, 6.07) is 3.45. The van der Waals surface area contributed by atoms with Gasteiger partial charge in [0.2, 0.25) is 0 Å². The number of ether oxygens (including phenoxy) is 1. The molecule has 3 aliphatic rings. The van der Waals surface area contributed by atoms with Crippen LogP contribution in [0.15, 0.2) is 18.2 Å². The van der Waals surface area contributed by atoms with Crippen molar-refractivity contribution in [3.63, 3.8) is 0 Å². The number of rotatable bonds is 7. The van der Waals surface area contributed by atoms with E-state index in [0.29, 0.717) is 23.7 Å². The second kappa shape index (κ2) is 9.07. The number of halogens is 2. The van der Waals surface area contributed by atoms with Crippen molar-refractivity contribution in [2.45, 2.75) is 83.7 Å². The zero-order valence-corrected chi connectivity index (χ0v) is 17.2. The van der Waals surface area contributed by atoms with Crippen molar-refractivity contribution in [1.82, 2.24) is 0 Å². The third kappa shape index (κ3) is 4.67. The molecule has 4 rings (SSSR count). The van der Waals surface area contributed by atoms with Crippen molar-refractivity contribution in [2.24, 2.45) is 17.8 Å². The molecule has 2 atom stereocenters. The van der Waals surface area contributed by atoms with Gasteiger partial charge in [0.25, 0.3) is 0 Å². The van der Waals surface area contributed by atoms with Crippen LogP contribution in [0.2, 0.25) is 0 Å². The number of epoxide rings is 1. The standard InChI is InChI=1S/C25H34F2O/c1-2-3-17-4-6-18(7-5-17)8-9-19-10-12-20(13-11-19)21-14-15-22(23-16-28-23)25(27)24(21)26/h12,14-15,17-19,23H,2-11,13,16H2,1H3. The summed E-state index contributed by atoms with van der Waals surface area (Å²) in [6.45, 7) is 2.80. The largest absolute Gasteiger partial charge is 0.368 e. The first-order chi connectivity index (χ1) is 13.7. The van der Waals surface area contributed by atoms with Crippen LogP contribution in [0.4, 0.5) is 8.78 Å². The highest BCUT2D eigenvalue weighted by molar-refractivity contribution is 5.67. The first kappa shape index (κ1) is 20.1. The molecular formula is C25H34F2O. The van der Waals surface area contributed by atoms with Gasteiger partial charge in [-0.05, 0) is 49.0 Å². The summed E-state index contributed by atoms with van der Waals surface area (Å²) in [6.07, 6.45) is 16.0. The van der Waals surface area contributed by atoms with Crippen molar-refractivity contribution in [2.75, 3.05) is 6.61 Å². The minimum atomic E-state index is -0.721. The number of hydrogen-bond donors (Lipinski definition) is 0. The molecule has 3 heteroatoms. The van der Waals surface area contributed by atoms with E-state index in [1.807, 2.05) is 0 Å². The molecule has 2 aliphatic carbocycles. The van der Waals surface area contributed by atoms with Crippen LogP contribution in [0.5, 0.6) is 0 Å². The first-order valence-electron chi connectivity index (χ1n) is 11.4. The molecular weight excluding hydrogens is 354 g/mol. The topological polar surface area (TPSA) is 12.5 Å². The minimum absolute atomic E-state index is 0.245. The summed E-state index contributed by atoms with van der Waals surface area (Å²) in [4.78, 5) is 0. The second-order valence-electron chi connectivity index (χ2n) is 9.27. The number of allylic oxidation sites excluding steroid dienone is 2. The van der Waals surface area contributed by atoms with Gasteiger partial charge in [-0.3, -0.25) is 0 Å². The van der Waals surface area contributed by atoms with E-state index in [0.717, 1.165) is 36.7 Å². The van der Waals surface area contributed by atoms with Crippen LogP contribution >= 0.6 is 0 Å². The summed E-state index contributed by atoms with van der Waals surface area (Å²) in [5.41, 5.74) is 1.80. The normalized spacial score (nSPS) is 30.2. The fraction of sp³-hybridized carbons (Fsp3) is 0.680. The molecule has 28 heavy (non-hydrogen) atoms. The van der Waals surface area contributed by atoms with Crippen molar-refractivity contribution >= 4 is 5.57 Å². The molecule has 154 valence electrons. The Morgan fingerprint density at radius 1 is 0.893 bits per heavy atom. The van der Waals surface area contributed by atoms with Gasteiger partial charge in [-0.1, -0.05) is 70.1 Å². The van der Waals surface area contributed by atoms with Crippen LogP contribution in [-0.2, 0) is 4.74 Å². The predicted molar refractivity (Wildman–Crippen MR) is 110 cm³/mol. The second-order valence-corrected chi connectivity index (χ2v) is 9.27. The summed E-state index contributed by atoms with van der Waals surface area (Å²) in [5, 5.41) is 0. The third-order valence-corrected chi connectivity index (χ3v) is 7.30. The fourth-order valence-electron chi connectivity index (χ4n) is 5.37. The van der Waals surface area contributed by atoms with Gasteiger partial charge in [-0.25, -0.2) is 8.78 Å². The molecule has 1 nitrogen and oxygen atoms in total. The Balaban J connectivity index is 1.27. The molecule has 0 spiro atoms. The van der Waals surface area contributed by atoms with Gasteiger partial charge in [-0.15, -0.1) is 0 Å². The maximum absolute atomic E-state index is 14.5. The monoisotopic (exact) mass is 388 g/mol. The van der Waals surface area contributed by atoms with Crippen LogP contribution in [0.1, 0.15) is 94.8 Å². The van der Waals surface area contributed by atoms with E-state index in [2.05, 4.69) is 13.0 Å². The molecule has 2 unspecified atom stereocenters. The van der Waals surface area contributed by atoms with Crippen LogP contribution in [0.25, 0.3) is 5.57 Å². The maximum Gasteiger partial charge on any atom is 0.166 e. The van der Waals surface area contributed by atoms with E-state index < -0.39 is 11.6 Å². The third-order valence-electron chi connectivity index (χ3n) is 7.30. The zero-order chi connectivity index (χ0) is 19.5. The first-order valence-corrected chi connectivity index (χ1v) is 11.4. The lowest BCUT2D eigenvalue weighted by atomic mass is 9.76. The van der Waals surface area contributed by atoms with Crippen molar-refractivity contribution in [1.29, 1.82) is 0 Å². The predicted octanol–water partition coefficient (Wildman–Crippen LogP) is 7.61. The van der Waals surface area contributed by atoms with Crippen LogP contribution in [0.3, 0.4) is 0 Å². The Bertz CT molecular complexity index is 699. The highest BCUT2D eigenvalue weighted by atomic mass is 19.2. The highest BCUT2D eigenvalue weighted by Crippen LogP contribution is 2.39. The van der Waals surface area contributed by atoms with Gasteiger partial charge in [0.1, 0.15) is 6.10 Å². The SMILES string of the molecule is CCCC1CCC(CCC2CC=C(c3ccc(C4CO4)c(F)c3F)CC2)CC1. The Kier molecular flexibility index (Phi) is 6.50. The molecule has 1 heterocycles. The number of hydrogen-bond acceptors (Lipinski definition) is 1. The molecule has 0 amide bonds. The Morgan fingerprint density at radius 2 is 1.57 bits per heavy atom. The molecule has 0 N–H and O–H groups in total. The minimum Gasteiger partial charge on any atom is -0.368 e. The lowest BCUT2D eigenvalue weighted by Crippen LogP contribution is -2.16. The van der Waals surface area contributed by atoms with Gasteiger partial charge < -0.3 is 4.74 Å². The van der Waals surface area contributed by atoms with Gasteiger partial charge in [-0.2, -0.15) is 0 Å². The summed E-state index contributed by atoms with van der Waals surface area (Å²) in [5.74, 6) is 1.20. The van der Waals surface area contributed by atoms with Crippen molar-refractivity contribution < 1.29 is 13.5 Å². The molecule has 1 aromatic carbocycles. The van der Waals surface area contributed by atoms with Gasteiger partial charge in [0, 0.05) is 11.1 Å². The summed E-state index contributed by atoms with van der Waals surface area (Å²) < 4.78 is 33.9. The van der Waals surface area contributed by atoms with E-state index in [-0.39, 0.29) is 6.10 Å². The van der Waals surface area contributed by atoms with E-state index in [1.165, 1.54) is 51.4 Å². The van der Waals surface area contributed by atoms with Crippen molar-refractivity contribution in [3.8, 4) is 0 Å².